The Bertz CT molecular complexity index is 634. The number of ether oxygens (including phenoxy) is 1. The molecular formula is C18H22N4O. The van der Waals surface area contributed by atoms with Gasteiger partial charge in [-0.1, -0.05) is 30.3 Å². The van der Waals surface area contributed by atoms with Crippen molar-refractivity contribution in [1.82, 2.24) is 15.3 Å². The van der Waals surface area contributed by atoms with Gasteiger partial charge < -0.3 is 15.0 Å². The summed E-state index contributed by atoms with van der Waals surface area (Å²) in [6, 6.07) is 10.7. The van der Waals surface area contributed by atoms with Crippen LogP contribution in [0.3, 0.4) is 0 Å². The Labute approximate surface area is 136 Å². The van der Waals surface area contributed by atoms with Crippen molar-refractivity contribution in [2.45, 2.75) is 24.9 Å². The molecule has 1 aliphatic carbocycles. The van der Waals surface area contributed by atoms with Gasteiger partial charge in [-0.25, -0.2) is 9.97 Å². The van der Waals surface area contributed by atoms with Crippen molar-refractivity contribution in [2.75, 3.05) is 31.2 Å². The summed E-state index contributed by atoms with van der Waals surface area (Å²) in [4.78, 5) is 11.2. The predicted molar refractivity (Wildman–Crippen MR) is 89.3 cm³/mol. The highest BCUT2D eigenvalue weighted by Crippen LogP contribution is 2.45. The van der Waals surface area contributed by atoms with E-state index >= 15 is 0 Å². The van der Waals surface area contributed by atoms with Gasteiger partial charge in [0.15, 0.2) is 0 Å². The van der Waals surface area contributed by atoms with E-state index in [4.69, 9.17) is 4.74 Å². The van der Waals surface area contributed by atoms with Crippen LogP contribution in [0.15, 0.2) is 42.7 Å². The second-order valence-corrected chi connectivity index (χ2v) is 6.29. The average molecular weight is 310 g/mol. The molecule has 0 radical (unpaired) electrons. The van der Waals surface area contributed by atoms with Crippen LogP contribution >= 0.6 is 0 Å². The van der Waals surface area contributed by atoms with E-state index in [2.05, 4.69) is 50.5 Å². The van der Waals surface area contributed by atoms with Gasteiger partial charge in [0.25, 0.3) is 0 Å². The monoisotopic (exact) mass is 310 g/mol. The Balaban J connectivity index is 1.38. The molecule has 5 nitrogen and oxygen atoms in total. The van der Waals surface area contributed by atoms with Crippen LogP contribution < -0.4 is 10.2 Å². The van der Waals surface area contributed by atoms with Gasteiger partial charge in [-0.15, -0.1) is 0 Å². The topological polar surface area (TPSA) is 50.3 Å². The lowest BCUT2D eigenvalue weighted by molar-refractivity contribution is 0.122. The summed E-state index contributed by atoms with van der Waals surface area (Å²) < 4.78 is 5.36. The summed E-state index contributed by atoms with van der Waals surface area (Å²) in [6.45, 7) is 4.06. The zero-order chi connectivity index (χ0) is 15.5. The SMILES string of the molecule is c1ccc(C2(NCc3cnc(N4CCOCC4)nc3)CC2)cc1. The number of nitrogens with one attached hydrogen (secondary N) is 1. The number of rotatable bonds is 5. The van der Waals surface area contributed by atoms with Crippen molar-refractivity contribution >= 4 is 5.95 Å². The van der Waals surface area contributed by atoms with Gasteiger partial charge in [-0.3, -0.25) is 0 Å². The first-order valence-corrected chi connectivity index (χ1v) is 8.30. The third kappa shape index (κ3) is 3.21. The van der Waals surface area contributed by atoms with Crippen molar-refractivity contribution in [3.05, 3.63) is 53.9 Å². The third-order valence-corrected chi connectivity index (χ3v) is 4.69. The van der Waals surface area contributed by atoms with Gasteiger partial charge >= 0.3 is 0 Å². The summed E-state index contributed by atoms with van der Waals surface area (Å²) in [5.74, 6) is 0.807. The second-order valence-electron chi connectivity index (χ2n) is 6.29. The molecule has 2 aliphatic rings. The van der Waals surface area contributed by atoms with Crippen LogP contribution in [0.2, 0.25) is 0 Å². The minimum Gasteiger partial charge on any atom is -0.378 e. The fourth-order valence-corrected chi connectivity index (χ4v) is 3.09. The number of hydrogen-bond donors (Lipinski definition) is 1. The van der Waals surface area contributed by atoms with E-state index in [0.717, 1.165) is 44.4 Å². The molecule has 5 heteroatoms. The zero-order valence-electron chi connectivity index (χ0n) is 13.2. The first-order valence-electron chi connectivity index (χ1n) is 8.30. The minimum absolute atomic E-state index is 0.157. The number of morpholine rings is 1. The molecule has 0 amide bonds. The number of anilines is 1. The first-order chi connectivity index (χ1) is 11.4. The highest BCUT2D eigenvalue weighted by Gasteiger charge is 2.43. The van der Waals surface area contributed by atoms with E-state index in [-0.39, 0.29) is 5.54 Å². The van der Waals surface area contributed by atoms with Gasteiger partial charge in [0.2, 0.25) is 5.95 Å². The molecule has 0 bridgehead atoms. The Morgan fingerprint density at radius 3 is 2.39 bits per heavy atom. The Hall–Kier alpha value is -1.98. The number of aromatic nitrogens is 2. The standard InChI is InChI=1S/C18H22N4O/c1-2-4-16(5-3-1)18(6-7-18)21-14-15-12-19-17(20-13-15)22-8-10-23-11-9-22/h1-5,12-13,21H,6-11,14H2. The molecule has 2 aromatic rings. The summed E-state index contributed by atoms with van der Waals surface area (Å²) in [5, 5.41) is 3.69. The molecule has 0 atom stereocenters. The molecule has 1 aliphatic heterocycles. The lowest BCUT2D eigenvalue weighted by Crippen LogP contribution is -2.37. The molecule has 4 rings (SSSR count). The summed E-state index contributed by atoms with van der Waals surface area (Å²) >= 11 is 0. The molecule has 120 valence electrons. The summed E-state index contributed by atoms with van der Waals surface area (Å²) in [5.41, 5.74) is 2.67. The molecule has 1 aromatic heterocycles. The van der Waals surface area contributed by atoms with Gasteiger partial charge in [-0.2, -0.15) is 0 Å². The fraction of sp³-hybridized carbons (Fsp3) is 0.444. The largest absolute Gasteiger partial charge is 0.378 e. The second kappa shape index (κ2) is 6.26. The van der Waals surface area contributed by atoms with Gasteiger partial charge in [0.05, 0.1) is 13.2 Å². The summed E-state index contributed by atoms with van der Waals surface area (Å²) in [7, 11) is 0. The maximum absolute atomic E-state index is 5.36. The number of hydrogen-bond acceptors (Lipinski definition) is 5. The molecule has 2 heterocycles. The van der Waals surface area contributed by atoms with Crippen LogP contribution in [0, 0.1) is 0 Å². The molecule has 2 fully saturated rings. The van der Waals surface area contributed by atoms with Crippen molar-refractivity contribution in [1.29, 1.82) is 0 Å². The van der Waals surface area contributed by atoms with Crippen molar-refractivity contribution < 1.29 is 4.74 Å². The van der Waals surface area contributed by atoms with E-state index in [1.54, 1.807) is 0 Å². The minimum atomic E-state index is 0.157. The summed E-state index contributed by atoms with van der Waals surface area (Å²) in [6.07, 6.45) is 6.27. The molecule has 1 saturated carbocycles. The van der Waals surface area contributed by atoms with Crippen LogP contribution in [-0.4, -0.2) is 36.3 Å². The lowest BCUT2D eigenvalue weighted by Gasteiger charge is -2.26. The maximum Gasteiger partial charge on any atom is 0.225 e. The van der Waals surface area contributed by atoms with Crippen LogP contribution in [0.4, 0.5) is 5.95 Å². The highest BCUT2D eigenvalue weighted by molar-refractivity contribution is 5.32. The normalized spacial score (nSPS) is 19.6. The molecule has 1 N–H and O–H groups in total. The Kier molecular flexibility index (Phi) is 3.97. The maximum atomic E-state index is 5.36. The smallest absolute Gasteiger partial charge is 0.225 e. The number of benzene rings is 1. The predicted octanol–water partition coefficient (Wildman–Crippen LogP) is 2.09. The Morgan fingerprint density at radius 1 is 1.04 bits per heavy atom. The van der Waals surface area contributed by atoms with Crippen LogP contribution in [0.5, 0.6) is 0 Å². The van der Waals surface area contributed by atoms with E-state index in [1.165, 1.54) is 18.4 Å². The molecular weight excluding hydrogens is 288 g/mol. The van der Waals surface area contributed by atoms with E-state index < -0.39 is 0 Å². The van der Waals surface area contributed by atoms with Crippen LogP contribution in [-0.2, 0) is 16.8 Å². The molecule has 0 unspecified atom stereocenters. The first kappa shape index (κ1) is 14.6. The van der Waals surface area contributed by atoms with E-state index in [9.17, 15) is 0 Å². The van der Waals surface area contributed by atoms with Gasteiger partial charge in [0.1, 0.15) is 0 Å². The highest BCUT2D eigenvalue weighted by atomic mass is 16.5. The molecule has 1 saturated heterocycles. The van der Waals surface area contributed by atoms with Crippen molar-refractivity contribution in [3.8, 4) is 0 Å². The van der Waals surface area contributed by atoms with Crippen LogP contribution in [0.1, 0.15) is 24.0 Å². The fourth-order valence-electron chi connectivity index (χ4n) is 3.09. The number of nitrogens with zero attached hydrogens (tertiary/aromatic N) is 3. The molecule has 23 heavy (non-hydrogen) atoms. The molecule has 1 aromatic carbocycles. The molecule has 0 spiro atoms. The van der Waals surface area contributed by atoms with E-state index in [1.807, 2.05) is 12.4 Å². The zero-order valence-corrected chi connectivity index (χ0v) is 13.2. The van der Waals surface area contributed by atoms with Gasteiger partial charge in [0, 0.05) is 43.1 Å². The lowest BCUT2D eigenvalue weighted by atomic mass is 10.0. The Morgan fingerprint density at radius 2 is 1.74 bits per heavy atom. The van der Waals surface area contributed by atoms with Gasteiger partial charge in [-0.05, 0) is 18.4 Å². The van der Waals surface area contributed by atoms with Crippen LogP contribution in [0.25, 0.3) is 0 Å². The average Bonchev–Trinajstić information content (AvgIpc) is 3.43. The quantitative estimate of drug-likeness (QED) is 0.916. The van der Waals surface area contributed by atoms with E-state index in [0.29, 0.717) is 0 Å². The van der Waals surface area contributed by atoms with Crippen molar-refractivity contribution in [2.24, 2.45) is 0 Å². The van der Waals surface area contributed by atoms with Crippen molar-refractivity contribution in [3.63, 3.8) is 0 Å². The third-order valence-electron chi connectivity index (χ3n) is 4.69.